The molecule has 1 radical (unpaired) electrons. The number of anilines is 2. The predicted molar refractivity (Wildman–Crippen MR) is 192 cm³/mol. The van der Waals surface area contributed by atoms with Crippen LogP contribution >= 0.6 is 0 Å². The van der Waals surface area contributed by atoms with Crippen LogP contribution in [0, 0.1) is 6.07 Å². The minimum atomic E-state index is -2.61. The number of aromatic nitrogens is 4. The topological polar surface area (TPSA) is 99.7 Å². The van der Waals surface area contributed by atoms with E-state index in [0.29, 0.717) is 42.4 Å². The third kappa shape index (κ3) is 8.38. The van der Waals surface area contributed by atoms with E-state index < -0.39 is 6.43 Å². The van der Waals surface area contributed by atoms with E-state index in [1.807, 2.05) is 11.0 Å². The van der Waals surface area contributed by atoms with Crippen LogP contribution < -0.4 is 4.90 Å². The molecular weight excluding hydrogens is 843 g/mol. The molecule has 0 atom stereocenters. The van der Waals surface area contributed by atoms with Gasteiger partial charge in [0.1, 0.15) is 6.29 Å². The van der Waals surface area contributed by atoms with Gasteiger partial charge in [-0.05, 0) is 61.8 Å². The van der Waals surface area contributed by atoms with Gasteiger partial charge in [0, 0.05) is 94.0 Å². The zero-order valence-corrected chi connectivity index (χ0v) is 32.7. The normalized spacial score (nSPS) is 17.4. The Kier molecular flexibility index (Phi) is 13.5. The van der Waals surface area contributed by atoms with Crippen LogP contribution in [0.2, 0.25) is 0 Å². The summed E-state index contributed by atoms with van der Waals surface area (Å²) in [7, 11) is 2.80. The fraction of sp³-hybridized carbons (Fsp3) is 0.487. The number of rotatable bonds is 6. The summed E-state index contributed by atoms with van der Waals surface area (Å²) in [4.78, 5) is 29.1. The van der Waals surface area contributed by atoms with Gasteiger partial charge in [0.2, 0.25) is 5.91 Å². The van der Waals surface area contributed by atoms with E-state index in [4.69, 9.17) is 10.2 Å². The van der Waals surface area contributed by atoms with Gasteiger partial charge in [0.15, 0.2) is 5.82 Å². The number of aliphatic hydroxyl groups is 1. The molecule has 10 nitrogen and oxygen atoms in total. The first-order valence-electron chi connectivity index (χ1n) is 18.0. The molecule has 1 N–H and O–H groups in total. The maximum Gasteiger partial charge on any atom is 1.00 e. The molecule has 1 saturated heterocycles. The SMILES string of the molecule is CC(=O)N1CCc2c(c(N3CCCc4cc(-c5cnn(C)c5)c(C(F)F)cc43)nn2C2CCN(C3CCC3)CC2)C1.CO.O=Cc1cc[c-]cc1.[Os+]. The van der Waals surface area contributed by atoms with Crippen LogP contribution in [0.5, 0.6) is 0 Å². The number of aliphatic hydroxyl groups excluding tert-OH is 1. The van der Waals surface area contributed by atoms with Gasteiger partial charge in [0.05, 0.1) is 18.8 Å². The molecule has 1 aliphatic carbocycles. The molecular formula is C39H48F2N7O3Os. The first-order chi connectivity index (χ1) is 24.8. The molecule has 1 saturated carbocycles. The minimum absolute atomic E-state index is 0. The molecule has 4 aromatic rings. The van der Waals surface area contributed by atoms with Gasteiger partial charge < -0.3 is 24.6 Å². The van der Waals surface area contributed by atoms with Crippen LogP contribution in [0.25, 0.3) is 11.1 Å². The van der Waals surface area contributed by atoms with Crippen LogP contribution in [0.4, 0.5) is 20.3 Å². The van der Waals surface area contributed by atoms with Crippen molar-refractivity contribution in [1.29, 1.82) is 0 Å². The molecule has 2 aromatic heterocycles. The molecule has 4 aliphatic rings. The predicted octanol–water partition coefficient (Wildman–Crippen LogP) is 6.30. The molecule has 2 aromatic carbocycles. The summed E-state index contributed by atoms with van der Waals surface area (Å²) in [6.45, 7) is 5.74. The Labute approximate surface area is 317 Å². The fourth-order valence-electron chi connectivity index (χ4n) is 7.80. The minimum Gasteiger partial charge on any atom is -0.400 e. The Morgan fingerprint density at radius 1 is 1.00 bits per heavy atom. The molecule has 3 aliphatic heterocycles. The van der Waals surface area contributed by atoms with Gasteiger partial charge in [-0.15, -0.1) is 0 Å². The van der Waals surface area contributed by atoms with Crippen LogP contribution in [0.1, 0.15) is 90.7 Å². The van der Waals surface area contributed by atoms with Gasteiger partial charge >= 0.3 is 19.8 Å². The molecule has 2 fully saturated rings. The number of halogens is 2. The Morgan fingerprint density at radius 2 is 1.73 bits per heavy atom. The number of aldehydes is 1. The Hall–Kier alpha value is -3.78. The summed E-state index contributed by atoms with van der Waals surface area (Å²) in [5.41, 5.74) is 6.12. The van der Waals surface area contributed by atoms with E-state index in [1.54, 1.807) is 61.4 Å². The Bertz CT molecular complexity index is 1800. The molecule has 8 rings (SSSR count). The number of hydrogen-bond acceptors (Lipinski definition) is 7. The maximum absolute atomic E-state index is 14.5. The summed E-state index contributed by atoms with van der Waals surface area (Å²) in [6.07, 6.45) is 10.3. The number of nitrogens with zero attached hydrogens (tertiary/aromatic N) is 7. The largest absolute Gasteiger partial charge is 1.00 e. The average molecular weight is 891 g/mol. The van der Waals surface area contributed by atoms with Crippen molar-refractivity contribution in [2.75, 3.05) is 38.2 Å². The first kappa shape index (κ1) is 39.4. The van der Waals surface area contributed by atoms with Gasteiger partial charge in [0.25, 0.3) is 6.43 Å². The second-order valence-corrected chi connectivity index (χ2v) is 13.7. The number of aryl methyl sites for hydroxylation is 2. The number of alkyl halides is 2. The van der Waals surface area contributed by atoms with E-state index in [1.165, 1.54) is 25.0 Å². The maximum atomic E-state index is 14.5. The smallest absolute Gasteiger partial charge is 0.400 e. The van der Waals surface area contributed by atoms with Crippen molar-refractivity contribution in [1.82, 2.24) is 29.4 Å². The van der Waals surface area contributed by atoms with Gasteiger partial charge in [-0.2, -0.15) is 40.5 Å². The van der Waals surface area contributed by atoms with Crippen molar-refractivity contribution in [3.8, 4) is 11.1 Å². The third-order valence-electron chi connectivity index (χ3n) is 10.7. The number of likely N-dealkylation sites (tertiary alicyclic amines) is 1. The van der Waals surface area contributed by atoms with Crippen molar-refractivity contribution >= 4 is 23.7 Å². The molecule has 279 valence electrons. The second-order valence-electron chi connectivity index (χ2n) is 13.7. The van der Waals surface area contributed by atoms with Gasteiger partial charge in [-0.25, -0.2) is 8.78 Å². The van der Waals surface area contributed by atoms with E-state index in [0.717, 1.165) is 87.3 Å². The summed E-state index contributed by atoms with van der Waals surface area (Å²) in [6, 6.07) is 14.4. The number of carbonyl (C=O) groups excluding carboxylic acids is 2. The Balaban J connectivity index is 0.000000418. The van der Waals surface area contributed by atoms with Crippen LogP contribution in [-0.2, 0) is 51.0 Å². The second kappa shape index (κ2) is 17.8. The van der Waals surface area contributed by atoms with E-state index in [9.17, 15) is 18.4 Å². The van der Waals surface area contributed by atoms with Crippen LogP contribution in [0.3, 0.4) is 0 Å². The van der Waals surface area contributed by atoms with Crippen molar-refractivity contribution < 1.29 is 43.3 Å². The van der Waals surface area contributed by atoms with Crippen LogP contribution in [0.15, 0.2) is 48.8 Å². The zero-order valence-electron chi connectivity index (χ0n) is 30.1. The van der Waals surface area contributed by atoms with E-state index in [-0.39, 0.29) is 31.3 Å². The van der Waals surface area contributed by atoms with Crippen molar-refractivity contribution in [2.24, 2.45) is 7.05 Å². The quantitative estimate of drug-likeness (QED) is 0.179. The number of fused-ring (bicyclic) bond motifs is 2. The Morgan fingerprint density at radius 3 is 2.31 bits per heavy atom. The molecule has 0 bridgehead atoms. The third-order valence-corrected chi connectivity index (χ3v) is 10.7. The van der Waals surface area contributed by atoms with E-state index in [2.05, 4.69) is 25.6 Å². The van der Waals surface area contributed by atoms with E-state index >= 15 is 0 Å². The summed E-state index contributed by atoms with van der Waals surface area (Å²) in [5, 5.41) is 16.5. The van der Waals surface area contributed by atoms with Gasteiger partial charge in [-0.3, -0.25) is 14.2 Å². The molecule has 5 heterocycles. The molecule has 13 heteroatoms. The number of piperidine rings is 1. The number of hydrogen-bond donors (Lipinski definition) is 1. The van der Waals surface area contributed by atoms with Crippen molar-refractivity contribution in [3.63, 3.8) is 0 Å². The summed E-state index contributed by atoms with van der Waals surface area (Å²) < 4.78 is 32.9. The van der Waals surface area contributed by atoms with Gasteiger partial charge in [-0.1, -0.05) is 12.0 Å². The summed E-state index contributed by atoms with van der Waals surface area (Å²) in [5.74, 6) is 0.894. The molecule has 1 amide bonds. The molecule has 0 unspecified atom stereocenters. The average Bonchev–Trinajstić information content (AvgIpc) is 3.75. The first-order valence-corrected chi connectivity index (χ1v) is 18.0. The monoisotopic (exact) mass is 892 g/mol. The number of amides is 1. The summed E-state index contributed by atoms with van der Waals surface area (Å²) >= 11 is 0. The standard InChI is InChI=1S/C31H39F2N7O.C7H5O.CH4O.Os/c1-20(41)38-14-10-28-27(19-38)31(35-40(28)24-8-12-37(13-9-24)23-6-3-7-23)39-11-4-5-21-15-25(22-17-34-36(2)18-22)26(30(32)33)16-29(21)39;8-6-7-4-2-1-3-5-7;1-2;/h15-18,23-24,30H,3-14,19H2,1-2H3;2-6H;2H,1H3;/q;-1;;+1. The molecule has 52 heavy (non-hydrogen) atoms. The number of carbonyl (C=O) groups is 2. The van der Waals surface area contributed by atoms with Crippen molar-refractivity contribution in [3.05, 3.63) is 82.8 Å². The fourth-order valence-corrected chi connectivity index (χ4v) is 7.80. The zero-order chi connectivity index (χ0) is 36.1. The molecule has 0 spiro atoms. The van der Waals surface area contributed by atoms with Crippen molar-refractivity contribution in [2.45, 2.75) is 83.3 Å². The number of benzene rings is 2. The van der Waals surface area contributed by atoms with Crippen LogP contribution in [-0.4, -0.2) is 86.0 Å².